The van der Waals surface area contributed by atoms with Crippen molar-refractivity contribution < 1.29 is 19.8 Å². The number of aliphatic carboxylic acids is 2. The summed E-state index contributed by atoms with van der Waals surface area (Å²) in [5, 5.41) is 20.2. The van der Waals surface area contributed by atoms with E-state index in [1.807, 2.05) is 6.21 Å². The first-order chi connectivity index (χ1) is 13.5. The summed E-state index contributed by atoms with van der Waals surface area (Å²) in [5.41, 5.74) is 0. The second kappa shape index (κ2) is 11.5. The number of carbonyl (C=O) groups is 2. The second-order valence-corrected chi connectivity index (χ2v) is 7.56. The summed E-state index contributed by atoms with van der Waals surface area (Å²) < 4.78 is 0. The van der Waals surface area contributed by atoms with Crippen LogP contribution in [0.25, 0.3) is 0 Å². The van der Waals surface area contributed by atoms with Crippen LogP contribution in [0.4, 0.5) is 0 Å². The first-order valence-electron chi connectivity index (χ1n) is 9.70. The van der Waals surface area contributed by atoms with Crippen molar-refractivity contribution in [3.05, 3.63) is 12.2 Å². The van der Waals surface area contributed by atoms with Crippen LogP contribution in [0, 0.1) is 5.92 Å². The molecule has 0 spiro atoms. The van der Waals surface area contributed by atoms with Crippen LogP contribution in [-0.2, 0) is 9.59 Å². The van der Waals surface area contributed by atoms with E-state index in [0.717, 1.165) is 18.2 Å². The van der Waals surface area contributed by atoms with Crippen molar-refractivity contribution in [2.45, 2.75) is 57.0 Å². The highest BCUT2D eigenvalue weighted by Crippen LogP contribution is 2.24. The largest absolute Gasteiger partial charge is 0.478 e. The zero-order valence-corrected chi connectivity index (χ0v) is 16.7. The molecular weight excluding hydrogens is 380 g/mol. The first-order valence-corrected chi connectivity index (χ1v) is 10.1. The number of hydrogen-bond acceptors (Lipinski definition) is 5. The minimum absolute atomic E-state index is 0.317. The molecule has 1 atom stereocenters. The minimum Gasteiger partial charge on any atom is -0.478 e. The van der Waals surface area contributed by atoms with E-state index < -0.39 is 11.9 Å². The summed E-state index contributed by atoms with van der Waals surface area (Å²) >= 11 is 5.59. The van der Waals surface area contributed by atoms with Crippen LogP contribution >= 0.6 is 12.2 Å². The summed E-state index contributed by atoms with van der Waals surface area (Å²) in [4.78, 5) is 30.0. The molecule has 2 heterocycles. The monoisotopic (exact) mass is 408 g/mol. The Morgan fingerprint density at radius 3 is 2.14 bits per heavy atom. The van der Waals surface area contributed by atoms with Crippen molar-refractivity contribution >= 4 is 41.8 Å². The maximum absolute atomic E-state index is 9.55. The van der Waals surface area contributed by atoms with Gasteiger partial charge in [-0.05, 0) is 43.8 Å². The lowest BCUT2D eigenvalue weighted by molar-refractivity contribution is -0.134. The Bertz CT molecular complexity index is 608. The highest BCUT2D eigenvalue weighted by molar-refractivity contribution is 7.80. The number of aliphatic imine (C=N–C) groups is 2. The molecule has 28 heavy (non-hydrogen) atoms. The third-order valence-electron chi connectivity index (χ3n) is 5.16. The van der Waals surface area contributed by atoms with Gasteiger partial charge >= 0.3 is 11.9 Å². The van der Waals surface area contributed by atoms with Crippen LogP contribution in [0.15, 0.2) is 22.1 Å². The van der Waals surface area contributed by atoms with Crippen LogP contribution in [-0.4, -0.2) is 69.9 Å². The van der Waals surface area contributed by atoms with Crippen molar-refractivity contribution in [2.24, 2.45) is 15.9 Å². The Kier molecular flexibility index (Phi) is 9.06. The molecule has 0 aromatic carbocycles. The van der Waals surface area contributed by atoms with Gasteiger partial charge < -0.3 is 20.4 Å². The molecule has 1 saturated carbocycles. The van der Waals surface area contributed by atoms with Gasteiger partial charge in [0.2, 0.25) is 0 Å². The number of piperidine rings is 1. The van der Waals surface area contributed by atoms with E-state index in [1.165, 1.54) is 44.9 Å². The van der Waals surface area contributed by atoms with Crippen molar-refractivity contribution in [2.75, 3.05) is 13.1 Å². The van der Waals surface area contributed by atoms with Gasteiger partial charge in [-0.15, -0.1) is 0 Å². The number of nitrogens with zero attached hydrogens (tertiary/aromatic N) is 3. The van der Waals surface area contributed by atoms with E-state index in [4.69, 9.17) is 22.4 Å². The molecule has 0 bridgehead atoms. The Morgan fingerprint density at radius 1 is 1.04 bits per heavy atom. The molecular formula is C19H28N4O4S. The highest BCUT2D eigenvalue weighted by Gasteiger charge is 2.27. The molecule has 1 aliphatic carbocycles. The van der Waals surface area contributed by atoms with Crippen LogP contribution in [0.3, 0.4) is 0 Å². The summed E-state index contributed by atoms with van der Waals surface area (Å²) in [6, 6.07) is 0.928. The molecule has 0 amide bonds. The van der Waals surface area contributed by atoms with Gasteiger partial charge in [0.15, 0.2) is 5.11 Å². The van der Waals surface area contributed by atoms with Gasteiger partial charge in [-0.3, -0.25) is 4.99 Å². The highest BCUT2D eigenvalue weighted by atomic mass is 32.1. The predicted molar refractivity (Wildman–Crippen MR) is 112 cm³/mol. The zero-order chi connectivity index (χ0) is 20.4. The topological polar surface area (TPSA) is 115 Å². The second-order valence-electron chi connectivity index (χ2n) is 7.17. The van der Waals surface area contributed by atoms with E-state index in [-0.39, 0.29) is 0 Å². The van der Waals surface area contributed by atoms with Gasteiger partial charge in [-0.25, -0.2) is 14.6 Å². The van der Waals surface area contributed by atoms with Gasteiger partial charge in [0.05, 0.1) is 6.04 Å². The van der Waals surface area contributed by atoms with Crippen molar-refractivity contribution in [1.82, 2.24) is 10.2 Å². The van der Waals surface area contributed by atoms with Gasteiger partial charge in [0, 0.05) is 37.5 Å². The zero-order valence-electron chi connectivity index (χ0n) is 15.9. The van der Waals surface area contributed by atoms with Crippen LogP contribution in [0.5, 0.6) is 0 Å². The SMILES string of the molecule is O=C(O)/C=C\C(=O)O.S=C(NC1CCCCC1)N1CCC(C2C=NC=N2)CC1. The van der Waals surface area contributed by atoms with E-state index in [9.17, 15) is 9.59 Å². The number of thiocarbonyl (C=S) groups is 1. The minimum atomic E-state index is -1.26. The molecule has 0 aromatic heterocycles. The molecule has 2 aliphatic heterocycles. The lowest BCUT2D eigenvalue weighted by Gasteiger charge is -2.36. The van der Waals surface area contributed by atoms with E-state index in [2.05, 4.69) is 20.2 Å². The third kappa shape index (κ3) is 7.75. The van der Waals surface area contributed by atoms with Crippen molar-refractivity contribution in [3.8, 4) is 0 Å². The van der Waals surface area contributed by atoms with Crippen LogP contribution in [0.1, 0.15) is 44.9 Å². The number of carboxylic acid groups (broad SMARTS) is 2. The van der Waals surface area contributed by atoms with Gasteiger partial charge in [0.1, 0.15) is 6.34 Å². The number of carboxylic acids is 2. The molecule has 3 N–H and O–H groups in total. The molecule has 154 valence electrons. The quantitative estimate of drug-likeness (QED) is 0.482. The summed E-state index contributed by atoms with van der Waals surface area (Å²) in [6.45, 7) is 2.12. The van der Waals surface area contributed by atoms with Crippen LogP contribution < -0.4 is 5.32 Å². The van der Waals surface area contributed by atoms with Crippen molar-refractivity contribution in [1.29, 1.82) is 0 Å². The van der Waals surface area contributed by atoms with Crippen LogP contribution in [0.2, 0.25) is 0 Å². The van der Waals surface area contributed by atoms with E-state index in [0.29, 0.717) is 30.2 Å². The summed E-state index contributed by atoms with van der Waals surface area (Å²) in [7, 11) is 0. The summed E-state index contributed by atoms with van der Waals surface area (Å²) in [6.07, 6.45) is 13.8. The Balaban J connectivity index is 0.000000300. The van der Waals surface area contributed by atoms with Gasteiger partial charge in [0.25, 0.3) is 0 Å². The fourth-order valence-corrected chi connectivity index (χ4v) is 3.97. The van der Waals surface area contributed by atoms with E-state index >= 15 is 0 Å². The molecule has 8 nitrogen and oxygen atoms in total. The van der Waals surface area contributed by atoms with Crippen molar-refractivity contribution in [3.63, 3.8) is 0 Å². The summed E-state index contributed by atoms with van der Waals surface area (Å²) in [5.74, 6) is -1.87. The predicted octanol–water partition coefficient (Wildman–Crippen LogP) is 2.10. The molecule has 0 radical (unpaired) electrons. The van der Waals surface area contributed by atoms with Gasteiger partial charge in [-0.2, -0.15) is 0 Å². The number of likely N-dealkylation sites (tertiary alicyclic amines) is 1. The van der Waals surface area contributed by atoms with E-state index in [1.54, 1.807) is 6.34 Å². The standard InChI is InChI=1S/C15H24N4S.C4H4O4/c20-15(18-13-4-2-1-3-5-13)19-8-6-12(7-9-19)14-10-16-11-17-14;5-3(6)1-2-4(7)8/h10-14H,1-9H2,(H,18,20);1-2H,(H,5,6)(H,7,8)/b;2-1-. The molecule has 0 aromatic rings. The third-order valence-corrected chi connectivity index (χ3v) is 5.53. The Hall–Kier alpha value is -2.29. The first kappa shape index (κ1) is 22.0. The maximum atomic E-state index is 9.55. The average Bonchev–Trinajstić information content (AvgIpc) is 3.23. The molecule has 1 saturated heterocycles. The fourth-order valence-electron chi connectivity index (χ4n) is 3.62. The fraction of sp³-hybridized carbons (Fsp3) is 0.632. The molecule has 3 rings (SSSR count). The molecule has 2 fully saturated rings. The number of hydrogen-bond donors (Lipinski definition) is 3. The normalized spacial score (nSPS) is 22.7. The smallest absolute Gasteiger partial charge is 0.328 e. The maximum Gasteiger partial charge on any atom is 0.328 e. The number of nitrogens with one attached hydrogen (secondary N) is 1. The Morgan fingerprint density at radius 2 is 1.64 bits per heavy atom. The lowest BCUT2D eigenvalue weighted by Crippen LogP contribution is -2.49. The average molecular weight is 409 g/mol. The number of rotatable bonds is 4. The molecule has 1 unspecified atom stereocenters. The lowest BCUT2D eigenvalue weighted by atomic mass is 9.90. The molecule has 9 heteroatoms. The Labute approximate surface area is 170 Å². The van der Waals surface area contributed by atoms with Gasteiger partial charge in [-0.1, -0.05) is 19.3 Å². The molecule has 3 aliphatic rings.